The number of aldehydes is 1. The molecule has 1 aromatic heterocycles. The lowest BCUT2D eigenvalue weighted by Gasteiger charge is -1.96. The van der Waals surface area contributed by atoms with Gasteiger partial charge in [-0.25, -0.2) is 0 Å². The fraction of sp³-hybridized carbons (Fsp3) is 0.182. The van der Waals surface area contributed by atoms with Crippen LogP contribution in [0.15, 0.2) is 22.6 Å². The Bertz CT molecular complexity index is 466. The molecule has 0 aliphatic carbocycles. The molecular weight excluding hydrogens is 164 g/mol. The van der Waals surface area contributed by atoms with Gasteiger partial charge in [0.15, 0.2) is 12.0 Å². The number of fused-ring (bicyclic) bond motifs is 1. The molecule has 0 amide bonds. The van der Waals surface area contributed by atoms with E-state index in [2.05, 4.69) is 0 Å². The van der Waals surface area contributed by atoms with E-state index in [-0.39, 0.29) is 0 Å². The van der Waals surface area contributed by atoms with Crippen LogP contribution in [-0.2, 0) is 0 Å². The fourth-order valence-corrected chi connectivity index (χ4v) is 1.59. The van der Waals surface area contributed by atoms with Gasteiger partial charge in [0.2, 0.25) is 0 Å². The molecule has 0 fully saturated rings. The summed E-state index contributed by atoms with van der Waals surface area (Å²) in [5.41, 5.74) is 3.07. The van der Waals surface area contributed by atoms with Crippen molar-refractivity contribution >= 4 is 17.3 Å². The average Bonchev–Trinajstić information content (AvgIpc) is 2.47. The first kappa shape index (κ1) is 8.05. The second-order valence-corrected chi connectivity index (χ2v) is 3.27. The van der Waals surface area contributed by atoms with Crippen LogP contribution in [0.5, 0.6) is 0 Å². The highest BCUT2D eigenvalue weighted by Crippen LogP contribution is 2.23. The number of carbonyl (C=O) groups excluding carboxylic acids is 1. The van der Waals surface area contributed by atoms with Gasteiger partial charge in [0.1, 0.15) is 5.58 Å². The van der Waals surface area contributed by atoms with E-state index in [9.17, 15) is 4.79 Å². The minimum absolute atomic E-state index is 0.392. The van der Waals surface area contributed by atoms with Crippen LogP contribution in [0.3, 0.4) is 0 Å². The summed E-state index contributed by atoms with van der Waals surface area (Å²) in [5.74, 6) is 0.392. The molecule has 2 heteroatoms. The van der Waals surface area contributed by atoms with E-state index in [1.807, 2.05) is 26.0 Å². The van der Waals surface area contributed by atoms with Gasteiger partial charge in [-0.1, -0.05) is 11.6 Å². The van der Waals surface area contributed by atoms with Gasteiger partial charge in [-0.15, -0.1) is 0 Å². The van der Waals surface area contributed by atoms with Crippen LogP contribution < -0.4 is 0 Å². The SMILES string of the molecule is Cc1cc(C)c2oc(C=O)cc2c1. The molecule has 1 heterocycles. The highest BCUT2D eigenvalue weighted by molar-refractivity contribution is 5.87. The molecule has 0 saturated carbocycles. The molecule has 0 aliphatic heterocycles. The molecule has 0 radical (unpaired) electrons. The van der Waals surface area contributed by atoms with Crippen LogP contribution in [0.25, 0.3) is 11.0 Å². The molecule has 0 spiro atoms. The Labute approximate surface area is 76.2 Å². The molecule has 0 saturated heterocycles. The predicted molar refractivity (Wildman–Crippen MR) is 51.1 cm³/mol. The number of rotatable bonds is 1. The van der Waals surface area contributed by atoms with Crippen molar-refractivity contribution in [2.75, 3.05) is 0 Å². The summed E-state index contributed by atoms with van der Waals surface area (Å²) in [7, 11) is 0. The standard InChI is InChI=1S/C11H10O2/c1-7-3-8(2)11-9(4-7)5-10(6-12)13-11/h3-6H,1-2H3. The van der Waals surface area contributed by atoms with Gasteiger partial charge in [0.25, 0.3) is 0 Å². The maximum Gasteiger partial charge on any atom is 0.185 e. The Balaban J connectivity index is 2.82. The molecule has 2 nitrogen and oxygen atoms in total. The van der Waals surface area contributed by atoms with E-state index >= 15 is 0 Å². The number of furan rings is 1. The summed E-state index contributed by atoms with van der Waals surface area (Å²) in [6.07, 6.45) is 0.731. The third-order valence-electron chi connectivity index (χ3n) is 2.08. The molecule has 0 N–H and O–H groups in total. The summed E-state index contributed by atoms with van der Waals surface area (Å²) in [6, 6.07) is 5.82. The third-order valence-corrected chi connectivity index (χ3v) is 2.08. The number of hydrogen-bond acceptors (Lipinski definition) is 2. The molecular formula is C11H10O2. The Morgan fingerprint density at radius 1 is 1.23 bits per heavy atom. The lowest BCUT2D eigenvalue weighted by Crippen LogP contribution is -1.76. The van der Waals surface area contributed by atoms with Crippen molar-refractivity contribution in [1.82, 2.24) is 0 Å². The number of benzene rings is 1. The van der Waals surface area contributed by atoms with E-state index in [0.29, 0.717) is 5.76 Å². The van der Waals surface area contributed by atoms with Crippen molar-refractivity contribution in [2.24, 2.45) is 0 Å². The highest BCUT2D eigenvalue weighted by Gasteiger charge is 2.05. The van der Waals surface area contributed by atoms with Crippen molar-refractivity contribution in [3.05, 3.63) is 35.1 Å². The van der Waals surface area contributed by atoms with Gasteiger partial charge in [0.05, 0.1) is 0 Å². The normalized spacial score (nSPS) is 10.6. The molecule has 66 valence electrons. The minimum Gasteiger partial charge on any atom is -0.453 e. The smallest absolute Gasteiger partial charge is 0.185 e. The zero-order valence-corrected chi connectivity index (χ0v) is 7.63. The summed E-state index contributed by atoms with van der Waals surface area (Å²) in [5, 5.41) is 1.000. The second-order valence-electron chi connectivity index (χ2n) is 3.27. The number of aryl methyl sites for hydroxylation is 2. The first-order valence-electron chi connectivity index (χ1n) is 4.16. The highest BCUT2D eigenvalue weighted by atomic mass is 16.3. The van der Waals surface area contributed by atoms with Crippen LogP contribution >= 0.6 is 0 Å². The molecule has 2 rings (SSSR count). The number of carbonyl (C=O) groups is 1. The quantitative estimate of drug-likeness (QED) is 0.622. The monoisotopic (exact) mass is 174 g/mol. The summed E-state index contributed by atoms with van der Waals surface area (Å²) in [4.78, 5) is 10.5. The largest absolute Gasteiger partial charge is 0.453 e. The van der Waals surface area contributed by atoms with Crippen molar-refractivity contribution in [3.63, 3.8) is 0 Å². The van der Waals surface area contributed by atoms with Gasteiger partial charge in [0, 0.05) is 5.39 Å². The first-order chi connectivity index (χ1) is 6.20. The van der Waals surface area contributed by atoms with Crippen molar-refractivity contribution in [2.45, 2.75) is 13.8 Å². The summed E-state index contributed by atoms with van der Waals surface area (Å²) < 4.78 is 5.33. The Morgan fingerprint density at radius 2 is 2.00 bits per heavy atom. The fourth-order valence-electron chi connectivity index (χ4n) is 1.59. The van der Waals surface area contributed by atoms with E-state index in [1.54, 1.807) is 6.07 Å². The first-order valence-corrected chi connectivity index (χ1v) is 4.16. The van der Waals surface area contributed by atoms with Crippen LogP contribution in [0, 0.1) is 13.8 Å². The summed E-state index contributed by atoms with van der Waals surface area (Å²) in [6.45, 7) is 4.01. The Hall–Kier alpha value is -1.57. The van der Waals surface area contributed by atoms with E-state index < -0.39 is 0 Å². The molecule has 13 heavy (non-hydrogen) atoms. The molecule has 1 aromatic carbocycles. The number of hydrogen-bond donors (Lipinski definition) is 0. The Kier molecular flexibility index (Phi) is 1.69. The van der Waals surface area contributed by atoms with Gasteiger partial charge < -0.3 is 4.42 Å². The molecule has 0 atom stereocenters. The van der Waals surface area contributed by atoms with Gasteiger partial charge in [-0.3, -0.25) is 4.79 Å². The molecule has 0 bridgehead atoms. The lowest BCUT2D eigenvalue weighted by molar-refractivity contribution is 0.110. The van der Waals surface area contributed by atoms with E-state index in [4.69, 9.17) is 4.42 Å². The Morgan fingerprint density at radius 3 is 2.69 bits per heavy atom. The zero-order valence-electron chi connectivity index (χ0n) is 7.63. The maximum absolute atomic E-state index is 10.5. The van der Waals surface area contributed by atoms with Gasteiger partial charge in [-0.2, -0.15) is 0 Å². The maximum atomic E-state index is 10.5. The zero-order chi connectivity index (χ0) is 9.42. The molecule has 2 aromatic rings. The molecule has 0 aliphatic rings. The second kappa shape index (κ2) is 2.73. The van der Waals surface area contributed by atoms with Crippen LogP contribution in [0.2, 0.25) is 0 Å². The summed E-state index contributed by atoms with van der Waals surface area (Å²) >= 11 is 0. The molecule has 0 unspecified atom stereocenters. The average molecular weight is 174 g/mol. The lowest BCUT2D eigenvalue weighted by atomic mass is 10.1. The minimum atomic E-state index is 0.392. The topological polar surface area (TPSA) is 30.2 Å². The van der Waals surface area contributed by atoms with Crippen molar-refractivity contribution < 1.29 is 9.21 Å². The predicted octanol–water partition coefficient (Wildman–Crippen LogP) is 2.86. The van der Waals surface area contributed by atoms with Gasteiger partial charge in [-0.05, 0) is 31.5 Å². The van der Waals surface area contributed by atoms with Crippen molar-refractivity contribution in [1.29, 1.82) is 0 Å². The van der Waals surface area contributed by atoms with Gasteiger partial charge >= 0.3 is 0 Å². The van der Waals surface area contributed by atoms with Crippen molar-refractivity contribution in [3.8, 4) is 0 Å². The van der Waals surface area contributed by atoms with E-state index in [0.717, 1.165) is 22.8 Å². The van der Waals surface area contributed by atoms with Crippen LogP contribution in [0.4, 0.5) is 0 Å². The van der Waals surface area contributed by atoms with Crippen LogP contribution in [-0.4, -0.2) is 6.29 Å². The third kappa shape index (κ3) is 1.24. The van der Waals surface area contributed by atoms with E-state index in [1.165, 1.54) is 5.56 Å². The van der Waals surface area contributed by atoms with Crippen LogP contribution in [0.1, 0.15) is 21.7 Å².